The number of carbonyl (C=O) groups is 4. The highest BCUT2D eigenvalue weighted by atomic mass is 32.2. The van der Waals surface area contributed by atoms with E-state index in [0.29, 0.717) is 12.2 Å². The number of nitrogens with zero attached hydrogens (tertiary/aromatic N) is 1. The van der Waals surface area contributed by atoms with Crippen LogP contribution in [0.3, 0.4) is 0 Å². The van der Waals surface area contributed by atoms with Gasteiger partial charge in [-0.25, -0.2) is 9.69 Å². The molecular weight excluding hydrogens is 382 g/mol. The van der Waals surface area contributed by atoms with Crippen LogP contribution in [-0.2, 0) is 25.7 Å². The smallest absolute Gasteiger partial charge is 0.327 e. The van der Waals surface area contributed by atoms with Gasteiger partial charge in [0.2, 0.25) is 17.7 Å². The van der Waals surface area contributed by atoms with E-state index in [1.807, 2.05) is 26.0 Å². The van der Waals surface area contributed by atoms with Gasteiger partial charge in [0, 0.05) is 31.7 Å². The molecule has 152 valence electrons. The lowest BCUT2D eigenvalue weighted by Crippen LogP contribution is -2.42. The van der Waals surface area contributed by atoms with Crippen molar-refractivity contribution in [2.45, 2.75) is 51.1 Å². The van der Waals surface area contributed by atoms with Crippen molar-refractivity contribution in [2.75, 3.05) is 10.7 Å². The Morgan fingerprint density at radius 3 is 2.57 bits per heavy atom. The number of para-hydroxylation sites is 1. The third kappa shape index (κ3) is 5.56. The van der Waals surface area contributed by atoms with Gasteiger partial charge in [-0.1, -0.05) is 32.0 Å². The van der Waals surface area contributed by atoms with Gasteiger partial charge in [-0.05, 0) is 11.6 Å². The second kappa shape index (κ2) is 9.70. The van der Waals surface area contributed by atoms with Crippen molar-refractivity contribution in [2.24, 2.45) is 0 Å². The van der Waals surface area contributed by atoms with Gasteiger partial charge in [-0.2, -0.15) is 0 Å². The van der Waals surface area contributed by atoms with Gasteiger partial charge in [-0.3, -0.25) is 14.4 Å². The normalized spacial score (nSPS) is 17.9. The predicted molar refractivity (Wildman–Crippen MR) is 107 cm³/mol. The van der Waals surface area contributed by atoms with E-state index < -0.39 is 23.2 Å². The van der Waals surface area contributed by atoms with Gasteiger partial charge in [0.25, 0.3) is 0 Å². The molecule has 1 heterocycles. The highest BCUT2D eigenvalue weighted by Crippen LogP contribution is 2.32. The Kier molecular flexibility index (Phi) is 7.59. The molecule has 1 saturated heterocycles. The number of hydrogen-bond acceptors (Lipinski definition) is 6. The summed E-state index contributed by atoms with van der Waals surface area (Å²) in [5.74, 6) is -2.32. The number of carbonyl (C=O) groups excluding carboxylic acids is 3. The van der Waals surface area contributed by atoms with Crippen molar-refractivity contribution >= 4 is 41.1 Å². The third-order valence-corrected chi connectivity index (χ3v) is 5.47. The monoisotopic (exact) mass is 407 g/mol. The molecule has 1 aromatic rings. The Morgan fingerprint density at radius 2 is 1.96 bits per heavy atom. The second-order valence-corrected chi connectivity index (χ2v) is 8.08. The van der Waals surface area contributed by atoms with Crippen molar-refractivity contribution in [1.82, 2.24) is 10.6 Å². The lowest BCUT2D eigenvalue weighted by Gasteiger charge is -2.20. The molecule has 1 aromatic carbocycles. The zero-order valence-electron chi connectivity index (χ0n) is 16.1. The van der Waals surface area contributed by atoms with Crippen LogP contribution in [0.15, 0.2) is 24.3 Å². The number of imide groups is 1. The molecule has 8 nitrogen and oxygen atoms in total. The van der Waals surface area contributed by atoms with Crippen molar-refractivity contribution in [1.29, 1.82) is 0 Å². The fraction of sp³-hybridized carbons (Fsp3) is 0.474. The minimum absolute atomic E-state index is 0.00184. The van der Waals surface area contributed by atoms with E-state index in [1.54, 1.807) is 12.1 Å². The van der Waals surface area contributed by atoms with Crippen LogP contribution >= 0.6 is 11.8 Å². The van der Waals surface area contributed by atoms with E-state index >= 15 is 0 Å². The van der Waals surface area contributed by atoms with Crippen molar-refractivity contribution in [3.05, 3.63) is 29.8 Å². The minimum atomic E-state index is -1.18. The topological polar surface area (TPSA) is 116 Å². The fourth-order valence-corrected chi connectivity index (χ4v) is 3.97. The summed E-state index contributed by atoms with van der Waals surface area (Å²) in [5.41, 5.74) is 1.38. The molecule has 3 amide bonds. The Balaban J connectivity index is 2.11. The molecule has 3 N–H and O–H groups in total. The molecule has 9 heteroatoms. The maximum Gasteiger partial charge on any atom is 0.327 e. The van der Waals surface area contributed by atoms with Crippen LogP contribution in [-0.4, -0.2) is 51.9 Å². The van der Waals surface area contributed by atoms with Crippen molar-refractivity contribution in [3.8, 4) is 0 Å². The van der Waals surface area contributed by atoms with Crippen molar-refractivity contribution in [3.63, 3.8) is 0 Å². The van der Waals surface area contributed by atoms with Crippen LogP contribution in [0.2, 0.25) is 0 Å². The lowest BCUT2D eigenvalue weighted by atomic mass is 10.1. The summed E-state index contributed by atoms with van der Waals surface area (Å²) >= 11 is 1.07. The molecule has 0 bridgehead atoms. The molecule has 0 radical (unpaired) electrons. The summed E-state index contributed by atoms with van der Waals surface area (Å²) in [7, 11) is 0. The standard InChI is InChI=1S/C19H25N3O5S/c1-11(2)20-9-13-6-4-5-7-15(13)22-17(24)8-16(18(22)25)28-10-14(19(26)27)21-12(3)23/h4-7,11,14,16,20H,8-10H2,1-3H3,(H,21,23)(H,26,27)/t14-,16?/m0/s1. The number of anilines is 1. The molecule has 0 aromatic heterocycles. The summed E-state index contributed by atoms with van der Waals surface area (Å²) in [4.78, 5) is 48.9. The van der Waals surface area contributed by atoms with Crippen LogP contribution in [0.1, 0.15) is 32.8 Å². The van der Waals surface area contributed by atoms with E-state index in [4.69, 9.17) is 0 Å². The number of carboxylic acids is 1. The Labute approximate surface area is 168 Å². The Hall–Kier alpha value is -2.39. The molecule has 0 aliphatic carbocycles. The van der Waals surface area contributed by atoms with Crippen LogP contribution in [0, 0.1) is 0 Å². The van der Waals surface area contributed by atoms with Crippen LogP contribution < -0.4 is 15.5 Å². The van der Waals surface area contributed by atoms with Crippen LogP contribution in [0.25, 0.3) is 0 Å². The summed E-state index contributed by atoms with van der Waals surface area (Å²) in [5, 5.41) is 14.1. The molecule has 1 aliphatic rings. The molecule has 1 fully saturated rings. The molecule has 2 atom stereocenters. The summed E-state index contributed by atoms with van der Waals surface area (Å²) in [6, 6.07) is 6.36. The van der Waals surface area contributed by atoms with E-state index in [9.17, 15) is 24.3 Å². The number of carboxylic acid groups (broad SMARTS) is 1. The lowest BCUT2D eigenvalue weighted by molar-refractivity contribution is -0.140. The highest BCUT2D eigenvalue weighted by molar-refractivity contribution is 8.00. The first-order chi connectivity index (χ1) is 13.2. The summed E-state index contributed by atoms with van der Waals surface area (Å²) in [6.07, 6.45) is 0.00184. The van der Waals surface area contributed by atoms with Gasteiger partial charge in [-0.15, -0.1) is 11.8 Å². The molecule has 2 rings (SSSR count). The number of thioether (sulfide) groups is 1. The molecule has 0 saturated carbocycles. The number of rotatable bonds is 9. The van der Waals surface area contributed by atoms with Crippen LogP contribution in [0.5, 0.6) is 0 Å². The highest BCUT2D eigenvalue weighted by Gasteiger charge is 2.41. The number of nitrogens with one attached hydrogen (secondary N) is 2. The average molecular weight is 407 g/mol. The van der Waals surface area contributed by atoms with Crippen LogP contribution in [0.4, 0.5) is 5.69 Å². The zero-order chi connectivity index (χ0) is 20.8. The number of hydrogen-bond donors (Lipinski definition) is 3. The van der Waals surface area contributed by atoms with Gasteiger partial charge in [0.15, 0.2) is 0 Å². The number of benzene rings is 1. The maximum absolute atomic E-state index is 12.8. The van der Waals surface area contributed by atoms with Crippen molar-refractivity contribution < 1.29 is 24.3 Å². The average Bonchev–Trinajstić information content (AvgIpc) is 2.90. The molecule has 0 spiro atoms. The molecule has 1 aliphatic heterocycles. The molecule has 28 heavy (non-hydrogen) atoms. The SMILES string of the molecule is CC(=O)N[C@@H](CSC1CC(=O)N(c2ccccc2CNC(C)C)C1=O)C(=O)O. The molecule has 1 unspecified atom stereocenters. The van der Waals surface area contributed by atoms with E-state index in [2.05, 4.69) is 10.6 Å². The van der Waals surface area contributed by atoms with Gasteiger partial charge < -0.3 is 15.7 Å². The first-order valence-corrected chi connectivity index (χ1v) is 10.0. The Morgan fingerprint density at radius 1 is 1.29 bits per heavy atom. The first kappa shape index (κ1) is 21.9. The largest absolute Gasteiger partial charge is 0.480 e. The number of amides is 3. The quantitative estimate of drug-likeness (QED) is 0.526. The second-order valence-electron chi connectivity index (χ2n) is 6.85. The first-order valence-electron chi connectivity index (χ1n) is 9.00. The minimum Gasteiger partial charge on any atom is -0.480 e. The molecular formula is C19H25N3O5S. The van der Waals surface area contributed by atoms with E-state index in [-0.39, 0.29) is 30.0 Å². The van der Waals surface area contributed by atoms with E-state index in [0.717, 1.165) is 17.3 Å². The van der Waals surface area contributed by atoms with Gasteiger partial charge >= 0.3 is 5.97 Å². The van der Waals surface area contributed by atoms with Gasteiger partial charge in [0.1, 0.15) is 6.04 Å². The Bertz CT molecular complexity index is 768. The summed E-state index contributed by atoms with van der Waals surface area (Å²) in [6.45, 7) is 5.77. The predicted octanol–water partition coefficient (Wildman–Crippen LogP) is 1.14. The van der Waals surface area contributed by atoms with E-state index in [1.165, 1.54) is 11.8 Å². The van der Waals surface area contributed by atoms with Gasteiger partial charge in [0.05, 0.1) is 10.9 Å². The number of aliphatic carboxylic acids is 1. The third-order valence-electron chi connectivity index (χ3n) is 4.18. The summed E-state index contributed by atoms with van der Waals surface area (Å²) < 4.78 is 0. The fourth-order valence-electron chi connectivity index (χ4n) is 2.81. The maximum atomic E-state index is 12.8. The zero-order valence-corrected chi connectivity index (χ0v) is 16.9.